The smallest absolute Gasteiger partial charge is 0.271 e. The molecule has 1 amide bonds. The fourth-order valence-electron chi connectivity index (χ4n) is 2.62. The van der Waals surface area contributed by atoms with Crippen LogP contribution in [-0.2, 0) is 16.6 Å². The monoisotopic (exact) mass is 521 g/mol. The van der Waals surface area contributed by atoms with Crippen molar-refractivity contribution in [1.82, 2.24) is 10.1 Å². The van der Waals surface area contributed by atoms with Crippen molar-refractivity contribution in [3.05, 3.63) is 76.2 Å². The largest absolute Gasteiger partial charge is 0.493 e. The van der Waals surface area contributed by atoms with Crippen molar-refractivity contribution in [2.45, 2.75) is 11.4 Å². The molecule has 3 aromatic rings. The Morgan fingerprint density at radius 2 is 1.78 bits per heavy atom. The second-order valence-corrected chi connectivity index (χ2v) is 9.03. The molecule has 0 radical (unpaired) electrons. The number of ether oxygens (including phenoxy) is 2. The van der Waals surface area contributed by atoms with Crippen LogP contribution in [-0.4, -0.2) is 34.8 Å². The quantitative estimate of drug-likeness (QED) is 0.329. The van der Waals surface area contributed by atoms with E-state index in [0.717, 1.165) is 4.47 Å². The lowest BCUT2D eigenvalue weighted by Crippen LogP contribution is -2.22. The normalized spacial score (nSPS) is 11.5. The molecule has 0 fully saturated rings. The van der Waals surface area contributed by atoms with E-state index in [2.05, 4.69) is 31.2 Å². The van der Waals surface area contributed by atoms with Gasteiger partial charge >= 0.3 is 0 Å². The number of hydrogen-bond donors (Lipinski definition) is 2. The van der Waals surface area contributed by atoms with Gasteiger partial charge in [-0.3, -0.25) is 4.79 Å². The predicted molar refractivity (Wildman–Crippen MR) is 121 cm³/mol. The maximum Gasteiger partial charge on any atom is 0.271 e. The van der Waals surface area contributed by atoms with Crippen molar-refractivity contribution in [2.24, 2.45) is 5.10 Å². The lowest BCUT2D eigenvalue weighted by Gasteiger charge is -2.08. The minimum Gasteiger partial charge on any atom is -0.493 e. The molecule has 32 heavy (non-hydrogen) atoms. The number of nitrogens with one attached hydrogen (secondary N) is 2. The minimum atomic E-state index is -3.68. The van der Waals surface area contributed by atoms with E-state index in [1.807, 2.05) is 0 Å². The van der Waals surface area contributed by atoms with E-state index in [0.29, 0.717) is 28.6 Å². The predicted octanol–water partition coefficient (Wildman–Crippen LogP) is 3.30. The van der Waals surface area contributed by atoms with Gasteiger partial charge in [0.05, 0.1) is 31.9 Å². The molecule has 0 unspecified atom stereocenters. The van der Waals surface area contributed by atoms with Gasteiger partial charge in [-0.15, -0.1) is 0 Å². The number of sulfonamides is 1. The first-order chi connectivity index (χ1) is 15.3. The highest BCUT2D eigenvalue weighted by atomic mass is 79.9. The van der Waals surface area contributed by atoms with Crippen LogP contribution in [0, 0.1) is 0 Å². The molecule has 2 N–H and O–H groups in total. The standard InChI is InChI=1S/C21H20BrN3O6S/c1-29-19-10-3-14(11-20(19)30-2)21(26)25-23-12-16-6-7-17(31-16)13-24-32(27,28)18-8-4-15(22)5-9-18/h3-12,24H,13H2,1-2H3,(H,25,26)/b23-12-. The zero-order valence-electron chi connectivity index (χ0n) is 17.2. The average Bonchev–Trinajstić information content (AvgIpc) is 3.25. The summed E-state index contributed by atoms with van der Waals surface area (Å²) >= 11 is 3.27. The molecule has 0 spiro atoms. The molecule has 0 bridgehead atoms. The molecule has 168 valence electrons. The van der Waals surface area contributed by atoms with Crippen molar-refractivity contribution in [2.75, 3.05) is 14.2 Å². The number of halogens is 1. The fraction of sp³-hybridized carbons (Fsp3) is 0.143. The Morgan fingerprint density at radius 1 is 1.06 bits per heavy atom. The van der Waals surface area contributed by atoms with Crippen molar-refractivity contribution in [3.8, 4) is 11.5 Å². The van der Waals surface area contributed by atoms with Crippen LogP contribution in [0.1, 0.15) is 21.9 Å². The molecule has 2 aromatic carbocycles. The van der Waals surface area contributed by atoms with Gasteiger partial charge in [-0.05, 0) is 54.6 Å². The van der Waals surface area contributed by atoms with E-state index in [9.17, 15) is 13.2 Å². The average molecular weight is 522 g/mol. The van der Waals surface area contributed by atoms with Gasteiger partial charge in [0, 0.05) is 10.0 Å². The van der Waals surface area contributed by atoms with Crippen molar-refractivity contribution >= 4 is 38.1 Å². The number of amides is 1. The van der Waals surface area contributed by atoms with Crippen LogP contribution >= 0.6 is 15.9 Å². The second-order valence-electron chi connectivity index (χ2n) is 6.35. The van der Waals surface area contributed by atoms with Gasteiger partial charge in [0.15, 0.2) is 11.5 Å². The van der Waals surface area contributed by atoms with Gasteiger partial charge in [0.2, 0.25) is 10.0 Å². The molecule has 1 aromatic heterocycles. The van der Waals surface area contributed by atoms with Gasteiger partial charge in [0.1, 0.15) is 11.5 Å². The highest BCUT2D eigenvalue weighted by Gasteiger charge is 2.14. The third-order valence-electron chi connectivity index (χ3n) is 4.25. The fourth-order valence-corrected chi connectivity index (χ4v) is 3.88. The van der Waals surface area contributed by atoms with Gasteiger partial charge in [-0.25, -0.2) is 18.6 Å². The number of carbonyl (C=O) groups excluding carboxylic acids is 1. The van der Waals surface area contributed by atoms with Crippen LogP contribution in [0.2, 0.25) is 0 Å². The molecule has 0 saturated heterocycles. The second kappa shape index (κ2) is 10.4. The maximum atomic E-state index is 12.3. The summed E-state index contributed by atoms with van der Waals surface area (Å²) in [5.41, 5.74) is 2.72. The molecular formula is C21H20BrN3O6S. The molecule has 0 aliphatic heterocycles. The van der Waals surface area contributed by atoms with E-state index < -0.39 is 15.9 Å². The lowest BCUT2D eigenvalue weighted by atomic mass is 10.2. The van der Waals surface area contributed by atoms with E-state index in [1.54, 1.807) is 36.4 Å². The number of rotatable bonds is 9. The Morgan fingerprint density at radius 3 is 2.47 bits per heavy atom. The molecule has 0 aliphatic rings. The maximum absolute atomic E-state index is 12.3. The Labute approximate surface area is 193 Å². The number of hydrogen-bond acceptors (Lipinski definition) is 7. The highest BCUT2D eigenvalue weighted by Crippen LogP contribution is 2.27. The molecule has 3 rings (SSSR count). The molecular weight excluding hydrogens is 502 g/mol. The Balaban J connectivity index is 1.56. The summed E-state index contributed by atoms with van der Waals surface area (Å²) in [6.07, 6.45) is 1.31. The summed E-state index contributed by atoms with van der Waals surface area (Å²) in [4.78, 5) is 12.4. The van der Waals surface area contributed by atoms with Crippen molar-refractivity contribution < 1.29 is 27.1 Å². The SMILES string of the molecule is COc1ccc(C(=O)N/N=C\c2ccc(CNS(=O)(=O)c3ccc(Br)cc3)o2)cc1OC. The topological polar surface area (TPSA) is 119 Å². The van der Waals surface area contributed by atoms with Crippen LogP contribution < -0.4 is 19.6 Å². The van der Waals surface area contributed by atoms with Gasteiger partial charge in [-0.1, -0.05) is 15.9 Å². The summed E-state index contributed by atoms with van der Waals surface area (Å²) < 4.78 is 43.7. The van der Waals surface area contributed by atoms with Gasteiger partial charge in [0.25, 0.3) is 5.91 Å². The third-order valence-corrected chi connectivity index (χ3v) is 6.19. The van der Waals surface area contributed by atoms with Crippen molar-refractivity contribution in [1.29, 1.82) is 0 Å². The van der Waals surface area contributed by atoms with Crippen LogP contribution in [0.5, 0.6) is 11.5 Å². The number of benzene rings is 2. The molecule has 1 heterocycles. The first-order valence-corrected chi connectivity index (χ1v) is 11.5. The third kappa shape index (κ3) is 5.96. The number of furan rings is 1. The Kier molecular flexibility index (Phi) is 7.67. The number of carbonyl (C=O) groups is 1. The Bertz CT molecular complexity index is 1220. The molecule has 11 heteroatoms. The summed E-state index contributed by atoms with van der Waals surface area (Å²) in [6, 6.07) is 14.2. The minimum absolute atomic E-state index is 0.0375. The van der Waals surface area contributed by atoms with Gasteiger partial charge < -0.3 is 13.9 Å². The van der Waals surface area contributed by atoms with Crippen LogP contribution in [0.25, 0.3) is 0 Å². The first kappa shape index (κ1) is 23.5. The summed E-state index contributed by atoms with van der Waals surface area (Å²) in [5.74, 6) is 1.21. The Hall–Kier alpha value is -3.15. The van der Waals surface area contributed by atoms with Gasteiger partial charge in [-0.2, -0.15) is 5.10 Å². The summed E-state index contributed by atoms with van der Waals surface area (Å²) in [6.45, 7) is -0.0375. The zero-order valence-corrected chi connectivity index (χ0v) is 19.6. The van der Waals surface area contributed by atoms with E-state index in [4.69, 9.17) is 13.9 Å². The van der Waals surface area contributed by atoms with E-state index in [1.165, 1.54) is 38.6 Å². The zero-order chi connectivity index (χ0) is 23.1. The number of hydrazone groups is 1. The summed E-state index contributed by atoms with van der Waals surface area (Å²) in [5, 5.41) is 3.86. The van der Waals surface area contributed by atoms with E-state index >= 15 is 0 Å². The molecule has 9 nitrogen and oxygen atoms in total. The van der Waals surface area contributed by atoms with Crippen LogP contribution in [0.4, 0.5) is 0 Å². The molecule has 0 atom stereocenters. The summed E-state index contributed by atoms with van der Waals surface area (Å²) in [7, 11) is -0.694. The van der Waals surface area contributed by atoms with Crippen LogP contribution in [0.15, 0.2) is 73.5 Å². The number of nitrogens with zero attached hydrogens (tertiary/aromatic N) is 1. The van der Waals surface area contributed by atoms with Crippen LogP contribution in [0.3, 0.4) is 0 Å². The first-order valence-electron chi connectivity index (χ1n) is 9.22. The molecule has 0 saturated carbocycles. The number of methoxy groups -OCH3 is 2. The van der Waals surface area contributed by atoms with Crippen molar-refractivity contribution in [3.63, 3.8) is 0 Å². The van der Waals surface area contributed by atoms with E-state index in [-0.39, 0.29) is 11.4 Å². The lowest BCUT2D eigenvalue weighted by molar-refractivity contribution is 0.0954. The molecule has 0 aliphatic carbocycles. The highest BCUT2D eigenvalue weighted by molar-refractivity contribution is 9.10.